The van der Waals surface area contributed by atoms with Gasteiger partial charge in [0.2, 0.25) is 5.91 Å². The fourth-order valence-electron chi connectivity index (χ4n) is 2.73. The number of aryl methyl sites for hydroxylation is 1. The molecule has 1 N–H and O–H groups in total. The minimum atomic E-state index is -0.138. The molecular weight excluding hydrogens is 248 g/mol. The molecular formula is C17H26N2O. The molecule has 1 atom stereocenters. The average molecular weight is 274 g/mol. The number of nitrogens with zero attached hydrogens (tertiary/aromatic N) is 1. The van der Waals surface area contributed by atoms with E-state index in [2.05, 4.69) is 41.4 Å². The van der Waals surface area contributed by atoms with Crippen molar-refractivity contribution in [1.29, 1.82) is 0 Å². The smallest absolute Gasteiger partial charge is 0.224 e. The lowest BCUT2D eigenvalue weighted by molar-refractivity contribution is -0.126. The Labute approximate surface area is 122 Å². The zero-order valence-corrected chi connectivity index (χ0v) is 13.1. The zero-order chi connectivity index (χ0) is 14.8. The van der Waals surface area contributed by atoms with Gasteiger partial charge in [0.05, 0.1) is 5.92 Å². The van der Waals surface area contributed by atoms with Crippen LogP contribution in [0.4, 0.5) is 0 Å². The van der Waals surface area contributed by atoms with E-state index < -0.39 is 0 Å². The lowest BCUT2D eigenvalue weighted by Gasteiger charge is -2.23. The SMILES string of the molecule is Cc1cccc(CN2CCC(C(=O)NC(C)(C)C)C2)c1. The molecule has 1 fully saturated rings. The van der Waals surface area contributed by atoms with Crippen molar-refractivity contribution in [2.24, 2.45) is 5.92 Å². The fraction of sp³-hybridized carbons (Fsp3) is 0.588. The number of rotatable bonds is 3. The average Bonchev–Trinajstić information content (AvgIpc) is 2.75. The largest absolute Gasteiger partial charge is 0.351 e. The molecule has 1 amide bonds. The van der Waals surface area contributed by atoms with Crippen LogP contribution in [0, 0.1) is 12.8 Å². The highest BCUT2D eigenvalue weighted by molar-refractivity contribution is 5.79. The van der Waals surface area contributed by atoms with Crippen LogP contribution in [0.1, 0.15) is 38.3 Å². The van der Waals surface area contributed by atoms with E-state index in [0.29, 0.717) is 0 Å². The van der Waals surface area contributed by atoms with Crippen molar-refractivity contribution in [3.05, 3.63) is 35.4 Å². The summed E-state index contributed by atoms with van der Waals surface area (Å²) in [5, 5.41) is 3.09. The number of likely N-dealkylation sites (tertiary alicyclic amines) is 1. The summed E-state index contributed by atoms with van der Waals surface area (Å²) in [5.74, 6) is 0.336. The number of hydrogen-bond donors (Lipinski definition) is 1. The first-order chi connectivity index (χ1) is 9.33. The van der Waals surface area contributed by atoms with Crippen LogP contribution in [-0.2, 0) is 11.3 Å². The van der Waals surface area contributed by atoms with Gasteiger partial charge in [-0.3, -0.25) is 9.69 Å². The van der Waals surface area contributed by atoms with Crippen LogP contribution in [0.5, 0.6) is 0 Å². The predicted molar refractivity (Wildman–Crippen MR) is 82.5 cm³/mol. The van der Waals surface area contributed by atoms with Crippen LogP contribution in [-0.4, -0.2) is 29.4 Å². The van der Waals surface area contributed by atoms with Gasteiger partial charge in [-0.1, -0.05) is 29.8 Å². The molecule has 0 saturated carbocycles. The molecule has 110 valence electrons. The maximum atomic E-state index is 12.2. The second kappa shape index (κ2) is 5.96. The highest BCUT2D eigenvalue weighted by atomic mass is 16.2. The van der Waals surface area contributed by atoms with Crippen molar-refractivity contribution in [3.63, 3.8) is 0 Å². The highest BCUT2D eigenvalue weighted by Crippen LogP contribution is 2.20. The van der Waals surface area contributed by atoms with E-state index in [1.807, 2.05) is 20.8 Å². The number of carbonyl (C=O) groups is 1. The predicted octanol–water partition coefficient (Wildman–Crippen LogP) is 2.73. The van der Waals surface area contributed by atoms with Crippen molar-refractivity contribution in [3.8, 4) is 0 Å². The molecule has 0 bridgehead atoms. The fourth-order valence-corrected chi connectivity index (χ4v) is 2.73. The second-order valence-electron chi connectivity index (χ2n) is 6.95. The molecule has 0 radical (unpaired) electrons. The Hall–Kier alpha value is -1.35. The number of amides is 1. The molecule has 3 nitrogen and oxygen atoms in total. The van der Waals surface area contributed by atoms with Gasteiger partial charge in [0.15, 0.2) is 0 Å². The summed E-state index contributed by atoms with van der Waals surface area (Å²) >= 11 is 0. The molecule has 1 saturated heterocycles. The Kier molecular flexibility index (Phi) is 4.48. The molecule has 1 heterocycles. The standard InChI is InChI=1S/C17H26N2O/c1-13-6-5-7-14(10-13)11-19-9-8-15(12-19)16(20)18-17(2,3)4/h5-7,10,15H,8-9,11-12H2,1-4H3,(H,18,20). The van der Waals surface area contributed by atoms with Gasteiger partial charge in [0.25, 0.3) is 0 Å². The van der Waals surface area contributed by atoms with Gasteiger partial charge < -0.3 is 5.32 Å². The molecule has 1 aromatic rings. The second-order valence-corrected chi connectivity index (χ2v) is 6.95. The monoisotopic (exact) mass is 274 g/mol. The number of carbonyl (C=O) groups excluding carboxylic acids is 1. The minimum absolute atomic E-state index is 0.138. The van der Waals surface area contributed by atoms with Crippen molar-refractivity contribution in [2.75, 3.05) is 13.1 Å². The van der Waals surface area contributed by atoms with Gasteiger partial charge in [-0.05, 0) is 46.2 Å². The molecule has 0 aromatic heterocycles. The Morgan fingerprint density at radius 3 is 2.80 bits per heavy atom. The normalized spacial score (nSPS) is 20.1. The topological polar surface area (TPSA) is 32.3 Å². The van der Waals surface area contributed by atoms with Crippen LogP contribution < -0.4 is 5.32 Å². The highest BCUT2D eigenvalue weighted by Gasteiger charge is 2.29. The summed E-state index contributed by atoms with van der Waals surface area (Å²) < 4.78 is 0. The summed E-state index contributed by atoms with van der Waals surface area (Å²) in [7, 11) is 0. The van der Waals surface area contributed by atoms with Gasteiger partial charge >= 0.3 is 0 Å². The van der Waals surface area contributed by atoms with Crippen molar-refractivity contribution in [2.45, 2.75) is 46.2 Å². The maximum Gasteiger partial charge on any atom is 0.224 e. The van der Waals surface area contributed by atoms with E-state index >= 15 is 0 Å². The van der Waals surface area contributed by atoms with Crippen LogP contribution in [0.15, 0.2) is 24.3 Å². The molecule has 0 spiro atoms. The third-order valence-corrected chi connectivity index (χ3v) is 3.63. The number of benzene rings is 1. The van der Waals surface area contributed by atoms with E-state index in [1.165, 1.54) is 11.1 Å². The first-order valence-electron chi connectivity index (χ1n) is 7.43. The molecule has 1 aliphatic rings. The Morgan fingerprint density at radius 2 is 2.15 bits per heavy atom. The molecule has 0 aliphatic carbocycles. The Bertz CT molecular complexity index is 476. The van der Waals surface area contributed by atoms with Gasteiger partial charge in [-0.2, -0.15) is 0 Å². The van der Waals surface area contributed by atoms with E-state index in [-0.39, 0.29) is 17.4 Å². The third-order valence-electron chi connectivity index (χ3n) is 3.63. The maximum absolute atomic E-state index is 12.2. The van der Waals surface area contributed by atoms with E-state index in [1.54, 1.807) is 0 Å². The van der Waals surface area contributed by atoms with E-state index in [0.717, 1.165) is 26.1 Å². The lowest BCUT2D eigenvalue weighted by atomic mass is 10.0. The zero-order valence-electron chi connectivity index (χ0n) is 13.1. The molecule has 2 rings (SSSR count). The number of nitrogens with one attached hydrogen (secondary N) is 1. The number of hydrogen-bond acceptors (Lipinski definition) is 2. The third kappa shape index (κ3) is 4.34. The molecule has 20 heavy (non-hydrogen) atoms. The van der Waals surface area contributed by atoms with E-state index in [4.69, 9.17) is 0 Å². The van der Waals surface area contributed by atoms with Crippen molar-refractivity contribution in [1.82, 2.24) is 10.2 Å². The van der Waals surface area contributed by atoms with Crippen molar-refractivity contribution < 1.29 is 4.79 Å². The summed E-state index contributed by atoms with van der Waals surface area (Å²) in [5.41, 5.74) is 2.49. The summed E-state index contributed by atoms with van der Waals surface area (Å²) in [6, 6.07) is 8.61. The van der Waals surface area contributed by atoms with Gasteiger partial charge in [0.1, 0.15) is 0 Å². The van der Waals surface area contributed by atoms with Gasteiger partial charge in [-0.15, -0.1) is 0 Å². The van der Waals surface area contributed by atoms with Crippen LogP contribution in [0.25, 0.3) is 0 Å². The van der Waals surface area contributed by atoms with Crippen LogP contribution in [0.2, 0.25) is 0 Å². The minimum Gasteiger partial charge on any atom is -0.351 e. The molecule has 3 heteroatoms. The lowest BCUT2D eigenvalue weighted by Crippen LogP contribution is -2.44. The molecule has 1 aromatic carbocycles. The summed E-state index contributed by atoms with van der Waals surface area (Å²) in [6.07, 6.45) is 0.966. The Balaban J connectivity index is 1.88. The molecule has 1 unspecified atom stereocenters. The summed E-state index contributed by atoms with van der Waals surface area (Å²) in [6.45, 7) is 11.0. The van der Waals surface area contributed by atoms with E-state index in [9.17, 15) is 4.79 Å². The molecule has 1 aliphatic heterocycles. The van der Waals surface area contributed by atoms with Crippen molar-refractivity contribution >= 4 is 5.91 Å². The van der Waals surface area contributed by atoms with Crippen LogP contribution >= 0.6 is 0 Å². The first kappa shape index (κ1) is 15.0. The quantitative estimate of drug-likeness (QED) is 0.919. The first-order valence-corrected chi connectivity index (χ1v) is 7.43. The summed E-state index contributed by atoms with van der Waals surface area (Å²) in [4.78, 5) is 14.6. The Morgan fingerprint density at radius 1 is 1.40 bits per heavy atom. The van der Waals surface area contributed by atoms with Crippen LogP contribution in [0.3, 0.4) is 0 Å². The van der Waals surface area contributed by atoms with Gasteiger partial charge in [0, 0.05) is 18.6 Å². The van der Waals surface area contributed by atoms with Gasteiger partial charge in [-0.25, -0.2) is 0 Å².